The minimum absolute atomic E-state index is 0.153. The molecule has 0 saturated carbocycles. The molecule has 0 aromatic carbocycles. The number of hydrogen-bond donors (Lipinski definition) is 0. The van der Waals surface area contributed by atoms with Crippen LogP contribution in [-0.2, 0) is 14.8 Å². The highest BCUT2D eigenvalue weighted by atomic mass is 32.2. The zero-order valence-electron chi connectivity index (χ0n) is 14.6. The fourth-order valence-electron chi connectivity index (χ4n) is 4.45. The lowest BCUT2D eigenvalue weighted by molar-refractivity contribution is 0.0627. The minimum atomic E-state index is -3.47. The zero-order chi connectivity index (χ0) is 17.3. The van der Waals surface area contributed by atoms with E-state index in [9.17, 15) is 8.42 Å². The van der Waals surface area contributed by atoms with E-state index in [0.717, 1.165) is 32.4 Å². The van der Waals surface area contributed by atoms with Crippen molar-refractivity contribution in [3.05, 3.63) is 24.4 Å². The molecule has 3 fully saturated rings. The van der Waals surface area contributed by atoms with E-state index in [1.54, 1.807) is 22.5 Å². The predicted molar refractivity (Wildman–Crippen MR) is 94.7 cm³/mol. The molecule has 4 heterocycles. The molecule has 1 aromatic heterocycles. The summed E-state index contributed by atoms with van der Waals surface area (Å²) in [4.78, 5) is 6.53. The van der Waals surface area contributed by atoms with Gasteiger partial charge < -0.3 is 9.64 Å². The fraction of sp³-hybridized carbons (Fsp3) is 0.722. The molecular weight excluding hydrogens is 338 g/mol. The van der Waals surface area contributed by atoms with Crippen LogP contribution in [0.3, 0.4) is 0 Å². The Morgan fingerprint density at radius 1 is 1.16 bits per heavy atom. The van der Waals surface area contributed by atoms with Gasteiger partial charge in [-0.05, 0) is 62.7 Å². The summed E-state index contributed by atoms with van der Waals surface area (Å²) < 4.78 is 33.1. The highest BCUT2D eigenvalue weighted by Gasteiger charge is 2.44. The lowest BCUT2D eigenvalue weighted by Crippen LogP contribution is -2.43. The number of pyridine rings is 1. The van der Waals surface area contributed by atoms with Crippen molar-refractivity contribution in [1.29, 1.82) is 0 Å². The van der Waals surface area contributed by atoms with Crippen molar-refractivity contribution in [2.45, 2.75) is 43.2 Å². The first-order valence-corrected chi connectivity index (χ1v) is 10.8. The molecule has 1 spiro atoms. The Morgan fingerprint density at radius 2 is 1.92 bits per heavy atom. The standard InChI is InChI=1S/C18H27N3O3S/c22-25(23,17-5-1-2-8-19-17)21-11-6-18(7-12-21)13-16(24-15-18)14-20-9-3-4-10-20/h1-2,5,8,16H,3-4,6-7,9-15H2/t16-/m1/s1. The molecule has 0 bridgehead atoms. The van der Waals surface area contributed by atoms with Crippen LogP contribution in [-0.4, -0.2) is 68.0 Å². The van der Waals surface area contributed by atoms with Crippen molar-refractivity contribution in [3.63, 3.8) is 0 Å². The number of ether oxygens (including phenoxy) is 1. The van der Waals surface area contributed by atoms with E-state index < -0.39 is 10.0 Å². The average molecular weight is 365 g/mol. The van der Waals surface area contributed by atoms with E-state index in [4.69, 9.17) is 4.74 Å². The van der Waals surface area contributed by atoms with Crippen molar-refractivity contribution in [2.24, 2.45) is 5.41 Å². The summed E-state index contributed by atoms with van der Waals surface area (Å²) in [6.45, 7) is 5.35. The normalized spacial score (nSPS) is 27.9. The second-order valence-corrected chi connectivity index (χ2v) is 9.60. The maximum atomic E-state index is 12.7. The third-order valence-corrected chi connectivity index (χ3v) is 7.79. The number of sulfonamides is 1. The number of piperidine rings is 1. The Kier molecular flexibility index (Phi) is 4.83. The Hall–Kier alpha value is -1.02. The number of hydrogen-bond acceptors (Lipinski definition) is 5. The average Bonchev–Trinajstić information content (AvgIpc) is 3.27. The largest absolute Gasteiger partial charge is 0.376 e. The minimum Gasteiger partial charge on any atom is -0.376 e. The van der Waals surface area contributed by atoms with Crippen molar-refractivity contribution >= 4 is 10.0 Å². The molecule has 1 aromatic rings. The Labute approximate surface area is 150 Å². The lowest BCUT2D eigenvalue weighted by atomic mass is 9.77. The SMILES string of the molecule is O=S(=O)(c1ccccn1)N1CCC2(CC1)CO[C@@H](CN1CCCC1)C2. The summed E-state index contributed by atoms with van der Waals surface area (Å²) in [7, 11) is -3.47. The molecule has 0 unspecified atom stereocenters. The lowest BCUT2D eigenvalue weighted by Gasteiger charge is -2.37. The molecule has 4 rings (SSSR count). The van der Waals surface area contributed by atoms with Gasteiger partial charge in [0.2, 0.25) is 0 Å². The van der Waals surface area contributed by atoms with Crippen molar-refractivity contribution < 1.29 is 13.2 Å². The smallest absolute Gasteiger partial charge is 0.260 e. The summed E-state index contributed by atoms with van der Waals surface area (Å²) in [6.07, 6.45) is 7.30. The molecule has 138 valence electrons. The highest BCUT2D eigenvalue weighted by molar-refractivity contribution is 7.89. The highest BCUT2D eigenvalue weighted by Crippen LogP contribution is 2.43. The van der Waals surface area contributed by atoms with Crippen LogP contribution in [0.2, 0.25) is 0 Å². The first-order valence-electron chi connectivity index (χ1n) is 9.33. The Bertz CT molecular complexity index is 681. The third kappa shape index (κ3) is 3.60. The maximum absolute atomic E-state index is 12.7. The second-order valence-electron chi connectivity index (χ2n) is 7.72. The van der Waals surface area contributed by atoms with Crippen LogP contribution in [0.5, 0.6) is 0 Å². The molecule has 6 nitrogen and oxygen atoms in total. The van der Waals surface area contributed by atoms with Gasteiger partial charge in [0.25, 0.3) is 10.0 Å². The monoisotopic (exact) mass is 365 g/mol. The zero-order valence-corrected chi connectivity index (χ0v) is 15.5. The summed E-state index contributed by atoms with van der Waals surface area (Å²) in [6, 6.07) is 5.03. The van der Waals surface area contributed by atoms with Crippen LogP contribution in [0.25, 0.3) is 0 Å². The van der Waals surface area contributed by atoms with Crippen LogP contribution in [0, 0.1) is 5.41 Å². The van der Waals surface area contributed by atoms with Gasteiger partial charge in [0.1, 0.15) is 0 Å². The number of nitrogens with zero attached hydrogens (tertiary/aromatic N) is 3. The van der Waals surface area contributed by atoms with Crippen molar-refractivity contribution in [3.8, 4) is 0 Å². The second kappa shape index (κ2) is 6.95. The maximum Gasteiger partial charge on any atom is 0.260 e. The van der Waals surface area contributed by atoms with Gasteiger partial charge in [-0.3, -0.25) is 0 Å². The van der Waals surface area contributed by atoms with Crippen molar-refractivity contribution in [1.82, 2.24) is 14.2 Å². The Morgan fingerprint density at radius 3 is 2.60 bits per heavy atom. The summed E-state index contributed by atoms with van der Waals surface area (Å²) in [5.74, 6) is 0. The van der Waals surface area contributed by atoms with Gasteiger partial charge in [-0.1, -0.05) is 6.07 Å². The molecule has 25 heavy (non-hydrogen) atoms. The predicted octanol–water partition coefficient (Wildman–Crippen LogP) is 1.74. The number of likely N-dealkylation sites (tertiary alicyclic amines) is 1. The molecule has 3 aliphatic rings. The summed E-state index contributed by atoms with van der Waals surface area (Å²) in [5, 5.41) is 0.153. The summed E-state index contributed by atoms with van der Waals surface area (Å²) >= 11 is 0. The number of aromatic nitrogens is 1. The van der Waals surface area contributed by atoms with E-state index in [1.165, 1.54) is 32.1 Å². The van der Waals surface area contributed by atoms with Crippen LogP contribution >= 0.6 is 0 Å². The van der Waals surface area contributed by atoms with Gasteiger partial charge in [0, 0.05) is 25.8 Å². The van der Waals surface area contributed by atoms with E-state index >= 15 is 0 Å². The van der Waals surface area contributed by atoms with Crippen LogP contribution in [0.4, 0.5) is 0 Å². The molecule has 3 saturated heterocycles. The molecule has 0 N–H and O–H groups in total. The molecule has 0 aliphatic carbocycles. The van der Waals surface area contributed by atoms with E-state index in [1.807, 2.05) is 0 Å². The molecule has 0 radical (unpaired) electrons. The first kappa shape index (κ1) is 17.4. The van der Waals surface area contributed by atoms with Crippen LogP contribution < -0.4 is 0 Å². The number of rotatable bonds is 4. The quantitative estimate of drug-likeness (QED) is 0.813. The van der Waals surface area contributed by atoms with E-state index in [0.29, 0.717) is 19.2 Å². The van der Waals surface area contributed by atoms with Gasteiger partial charge in [-0.2, -0.15) is 4.31 Å². The van der Waals surface area contributed by atoms with Gasteiger partial charge in [0.05, 0.1) is 12.7 Å². The van der Waals surface area contributed by atoms with Crippen LogP contribution in [0.1, 0.15) is 32.1 Å². The van der Waals surface area contributed by atoms with Gasteiger partial charge in [-0.15, -0.1) is 0 Å². The van der Waals surface area contributed by atoms with Crippen molar-refractivity contribution in [2.75, 3.05) is 39.3 Å². The Balaban J connectivity index is 1.35. The fourth-order valence-corrected chi connectivity index (χ4v) is 5.82. The van der Waals surface area contributed by atoms with E-state index in [2.05, 4.69) is 9.88 Å². The van der Waals surface area contributed by atoms with Crippen LogP contribution in [0.15, 0.2) is 29.4 Å². The molecular formula is C18H27N3O3S. The molecule has 0 amide bonds. The first-order chi connectivity index (χ1) is 12.1. The molecule has 7 heteroatoms. The van der Waals surface area contributed by atoms with Gasteiger partial charge >= 0.3 is 0 Å². The molecule has 3 aliphatic heterocycles. The topological polar surface area (TPSA) is 62.7 Å². The van der Waals surface area contributed by atoms with Gasteiger partial charge in [-0.25, -0.2) is 13.4 Å². The molecule has 1 atom stereocenters. The van der Waals surface area contributed by atoms with Gasteiger partial charge in [0.15, 0.2) is 5.03 Å². The van der Waals surface area contributed by atoms with E-state index in [-0.39, 0.29) is 10.4 Å². The summed E-state index contributed by atoms with van der Waals surface area (Å²) in [5.41, 5.74) is 0.167. The third-order valence-electron chi connectivity index (χ3n) is 5.97.